The quantitative estimate of drug-likeness (QED) is 0.187. The first-order valence-corrected chi connectivity index (χ1v) is 9.63. The molecule has 0 unspecified atom stereocenters. The van der Waals surface area contributed by atoms with Crippen LogP contribution >= 0.6 is 11.6 Å². The Balaban J connectivity index is 3.43. The van der Waals surface area contributed by atoms with Gasteiger partial charge in [-0.05, 0) is 6.42 Å². The molecular formula is C19H35ClO3. The molecule has 0 aromatic rings. The van der Waals surface area contributed by atoms with E-state index in [2.05, 4.69) is 11.7 Å². The molecule has 0 fully saturated rings. The number of ether oxygens (including phenoxy) is 1. The highest BCUT2D eigenvalue weighted by Crippen LogP contribution is 2.15. The summed E-state index contributed by atoms with van der Waals surface area (Å²) in [6.07, 6.45) is 17.0. The minimum Gasteiger partial charge on any atom is -0.466 e. The number of methoxy groups -OCH3 is 1. The molecule has 0 radical (unpaired) electrons. The highest BCUT2D eigenvalue weighted by atomic mass is 35.5. The molecule has 3 nitrogen and oxygen atoms in total. The van der Waals surface area contributed by atoms with Gasteiger partial charge in [-0.1, -0.05) is 83.6 Å². The van der Waals surface area contributed by atoms with E-state index in [1.54, 1.807) is 0 Å². The molecule has 4 heteroatoms. The number of carbonyl (C=O) groups is 1. The number of aliphatic hydroxyl groups is 1. The molecule has 0 amide bonds. The molecule has 0 spiro atoms. The Morgan fingerprint density at radius 3 is 1.96 bits per heavy atom. The Bertz CT molecular complexity index is 305. The number of esters is 1. The Labute approximate surface area is 147 Å². The van der Waals surface area contributed by atoms with Crippen LogP contribution in [-0.2, 0) is 9.53 Å². The van der Waals surface area contributed by atoms with Crippen LogP contribution in [0.1, 0.15) is 84.0 Å². The van der Waals surface area contributed by atoms with E-state index in [-0.39, 0.29) is 0 Å². The molecule has 1 N–H and O–H groups in total. The highest BCUT2D eigenvalue weighted by molar-refractivity contribution is 6.22. The van der Waals surface area contributed by atoms with Gasteiger partial charge in [0.1, 0.15) is 0 Å². The summed E-state index contributed by atoms with van der Waals surface area (Å²) in [6.45, 7) is 2.25. The van der Waals surface area contributed by atoms with Gasteiger partial charge in [0.05, 0.1) is 18.6 Å². The van der Waals surface area contributed by atoms with Gasteiger partial charge >= 0.3 is 5.97 Å². The molecule has 0 heterocycles. The van der Waals surface area contributed by atoms with Crippen molar-refractivity contribution in [1.29, 1.82) is 0 Å². The van der Waals surface area contributed by atoms with E-state index in [0.717, 1.165) is 12.8 Å². The summed E-state index contributed by atoms with van der Waals surface area (Å²) in [6, 6.07) is 0. The molecule has 0 aromatic carbocycles. The number of unbranched alkanes of at least 4 members (excludes halogenated alkanes) is 10. The maximum absolute atomic E-state index is 10.9. The standard InChI is InChI=1S/C19H35ClO3/c1-3-4-5-6-7-8-9-10-11-12-13-14-18(21)17(20)15-16-19(22)23-2/h15-18,21H,3-14H2,1-2H3/b16-15+/t17-,18+/m1/s1. The molecule has 0 aliphatic carbocycles. The zero-order valence-electron chi connectivity index (χ0n) is 14.9. The zero-order valence-corrected chi connectivity index (χ0v) is 15.7. The normalized spacial score (nSPS) is 14.1. The van der Waals surface area contributed by atoms with Crippen LogP contribution in [0.2, 0.25) is 0 Å². The third-order valence-electron chi connectivity index (χ3n) is 4.09. The van der Waals surface area contributed by atoms with E-state index >= 15 is 0 Å². The van der Waals surface area contributed by atoms with Crippen molar-refractivity contribution in [3.63, 3.8) is 0 Å². The maximum Gasteiger partial charge on any atom is 0.330 e. The van der Waals surface area contributed by atoms with Gasteiger partial charge in [-0.2, -0.15) is 0 Å². The lowest BCUT2D eigenvalue weighted by atomic mass is 10.0. The average Bonchev–Trinajstić information content (AvgIpc) is 2.56. The Kier molecular flexibility index (Phi) is 15.9. The third-order valence-corrected chi connectivity index (χ3v) is 4.52. The van der Waals surface area contributed by atoms with Crippen molar-refractivity contribution in [2.24, 2.45) is 0 Å². The van der Waals surface area contributed by atoms with E-state index in [1.165, 1.54) is 77.0 Å². The average molecular weight is 347 g/mol. The van der Waals surface area contributed by atoms with Crippen molar-refractivity contribution in [3.8, 4) is 0 Å². The minimum absolute atomic E-state index is 0.447. The molecule has 2 atom stereocenters. The summed E-state index contributed by atoms with van der Waals surface area (Å²) in [4.78, 5) is 10.9. The van der Waals surface area contributed by atoms with E-state index < -0.39 is 17.5 Å². The molecular weight excluding hydrogens is 312 g/mol. The minimum atomic E-state index is -0.601. The smallest absolute Gasteiger partial charge is 0.330 e. The van der Waals surface area contributed by atoms with Gasteiger partial charge in [0.25, 0.3) is 0 Å². The largest absolute Gasteiger partial charge is 0.466 e. The van der Waals surface area contributed by atoms with Crippen molar-refractivity contribution in [2.45, 2.75) is 95.5 Å². The van der Waals surface area contributed by atoms with Crippen molar-refractivity contribution in [3.05, 3.63) is 12.2 Å². The number of alkyl halides is 1. The van der Waals surface area contributed by atoms with Gasteiger partial charge in [0, 0.05) is 6.08 Å². The fraction of sp³-hybridized carbons (Fsp3) is 0.842. The predicted molar refractivity (Wildman–Crippen MR) is 97.9 cm³/mol. The number of hydrogen-bond donors (Lipinski definition) is 1. The first-order valence-electron chi connectivity index (χ1n) is 9.20. The summed E-state index contributed by atoms with van der Waals surface area (Å²) in [5.41, 5.74) is 0. The van der Waals surface area contributed by atoms with Crippen molar-refractivity contribution in [1.82, 2.24) is 0 Å². The van der Waals surface area contributed by atoms with Crippen LogP contribution in [0.25, 0.3) is 0 Å². The second-order valence-electron chi connectivity index (χ2n) is 6.22. The van der Waals surface area contributed by atoms with Crippen molar-refractivity contribution in [2.75, 3.05) is 7.11 Å². The van der Waals surface area contributed by atoms with Gasteiger partial charge in [-0.25, -0.2) is 4.79 Å². The van der Waals surface area contributed by atoms with Crippen LogP contribution in [0.5, 0.6) is 0 Å². The topological polar surface area (TPSA) is 46.5 Å². The van der Waals surface area contributed by atoms with Crippen LogP contribution < -0.4 is 0 Å². The third kappa shape index (κ3) is 14.8. The van der Waals surface area contributed by atoms with Crippen molar-refractivity contribution >= 4 is 17.6 Å². The summed E-state index contributed by atoms with van der Waals surface area (Å²) >= 11 is 6.02. The fourth-order valence-electron chi connectivity index (χ4n) is 2.54. The Morgan fingerprint density at radius 2 is 1.48 bits per heavy atom. The molecule has 0 saturated heterocycles. The summed E-state index contributed by atoms with van der Waals surface area (Å²) in [5, 5.41) is 9.38. The lowest BCUT2D eigenvalue weighted by Gasteiger charge is -2.13. The van der Waals surface area contributed by atoms with Gasteiger partial charge in [0.2, 0.25) is 0 Å². The van der Waals surface area contributed by atoms with Gasteiger partial charge in [-0.15, -0.1) is 11.6 Å². The first-order chi connectivity index (χ1) is 11.1. The number of halogens is 1. The van der Waals surface area contributed by atoms with E-state index in [1.807, 2.05) is 0 Å². The van der Waals surface area contributed by atoms with Gasteiger partial charge < -0.3 is 9.84 Å². The van der Waals surface area contributed by atoms with E-state index in [4.69, 9.17) is 11.6 Å². The highest BCUT2D eigenvalue weighted by Gasteiger charge is 2.13. The molecule has 0 aromatic heterocycles. The SMILES string of the molecule is CCCCCCCCCCCCC[C@H](O)[C@H](Cl)/C=C/C(=O)OC. The number of rotatable bonds is 15. The molecule has 0 bridgehead atoms. The fourth-order valence-corrected chi connectivity index (χ4v) is 2.74. The van der Waals surface area contributed by atoms with Gasteiger partial charge in [-0.3, -0.25) is 0 Å². The van der Waals surface area contributed by atoms with Crippen molar-refractivity contribution < 1.29 is 14.6 Å². The predicted octanol–water partition coefficient (Wildman–Crippen LogP) is 5.39. The Morgan fingerprint density at radius 1 is 1.00 bits per heavy atom. The van der Waals surface area contributed by atoms with E-state index in [9.17, 15) is 9.90 Å². The zero-order chi connectivity index (χ0) is 17.3. The van der Waals surface area contributed by atoms with E-state index in [0.29, 0.717) is 6.42 Å². The van der Waals surface area contributed by atoms with Crippen LogP contribution in [0.15, 0.2) is 12.2 Å². The molecule has 23 heavy (non-hydrogen) atoms. The monoisotopic (exact) mass is 346 g/mol. The summed E-state index contributed by atoms with van der Waals surface area (Å²) < 4.78 is 4.49. The van der Waals surface area contributed by atoms with Crippen LogP contribution in [0.3, 0.4) is 0 Å². The van der Waals surface area contributed by atoms with Crippen LogP contribution in [-0.4, -0.2) is 29.7 Å². The molecule has 136 valence electrons. The maximum atomic E-state index is 10.9. The lowest BCUT2D eigenvalue weighted by Crippen LogP contribution is -2.18. The summed E-state index contributed by atoms with van der Waals surface area (Å²) in [5.74, 6) is -0.447. The molecule has 0 rings (SSSR count). The number of hydrogen-bond acceptors (Lipinski definition) is 3. The second kappa shape index (κ2) is 16.3. The lowest BCUT2D eigenvalue weighted by molar-refractivity contribution is -0.134. The summed E-state index contributed by atoms with van der Waals surface area (Å²) in [7, 11) is 1.32. The number of aliphatic hydroxyl groups excluding tert-OH is 1. The van der Waals surface area contributed by atoms with Gasteiger partial charge in [0.15, 0.2) is 0 Å². The first kappa shape index (κ1) is 22.5. The second-order valence-corrected chi connectivity index (χ2v) is 6.72. The molecule has 0 aliphatic rings. The van der Waals surface area contributed by atoms with Crippen LogP contribution in [0, 0.1) is 0 Å². The molecule has 0 saturated carbocycles. The molecule has 0 aliphatic heterocycles. The Hall–Kier alpha value is -0.540. The van der Waals surface area contributed by atoms with Crippen LogP contribution in [0.4, 0.5) is 0 Å². The number of carbonyl (C=O) groups excluding carboxylic acids is 1.